The predicted molar refractivity (Wildman–Crippen MR) is 123 cm³/mol. The number of thiophene rings is 1. The molecular weight excluding hydrogens is 417 g/mol. The van der Waals surface area contributed by atoms with Crippen LogP contribution in [-0.2, 0) is 4.79 Å². The summed E-state index contributed by atoms with van der Waals surface area (Å²) in [7, 11) is 0. The lowest BCUT2D eigenvalue weighted by Crippen LogP contribution is -2.23. The van der Waals surface area contributed by atoms with E-state index in [9.17, 15) is 9.18 Å². The van der Waals surface area contributed by atoms with E-state index in [1.165, 1.54) is 41.6 Å². The monoisotopic (exact) mass is 437 g/mol. The first-order valence-corrected chi connectivity index (χ1v) is 11.2. The highest BCUT2D eigenvalue weighted by molar-refractivity contribution is 8.00. The summed E-state index contributed by atoms with van der Waals surface area (Å²) < 4.78 is 13.3. The molecule has 0 spiro atoms. The number of para-hydroxylation sites is 1. The normalized spacial score (nSPS) is 12.1. The van der Waals surface area contributed by atoms with Crippen molar-refractivity contribution < 1.29 is 9.18 Å². The van der Waals surface area contributed by atoms with E-state index in [1.54, 1.807) is 12.1 Å². The van der Waals surface area contributed by atoms with Crippen molar-refractivity contribution >= 4 is 44.9 Å². The van der Waals surface area contributed by atoms with Crippen LogP contribution in [0.2, 0.25) is 0 Å². The quantitative estimate of drug-likeness (QED) is 0.297. The molecule has 2 aromatic carbocycles. The molecule has 1 amide bonds. The van der Waals surface area contributed by atoms with E-state index in [1.807, 2.05) is 44.4 Å². The molecule has 152 valence electrons. The van der Waals surface area contributed by atoms with E-state index in [2.05, 4.69) is 15.3 Å². The maximum atomic E-state index is 13.3. The SMILES string of the molecule is Cc1cccc(C)c1NC(=O)C(C)Sc1ncnc2scc(-c3ccc(F)cc3)c12. The van der Waals surface area contributed by atoms with Gasteiger partial charge in [-0.3, -0.25) is 4.79 Å². The maximum absolute atomic E-state index is 13.3. The number of fused-ring (bicyclic) bond motifs is 1. The van der Waals surface area contributed by atoms with Gasteiger partial charge in [-0.05, 0) is 49.6 Å². The van der Waals surface area contributed by atoms with Gasteiger partial charge in [0.25, 0.3) is 0 Å². The zero-order valence-electron chi connectivity index (χ0n) is 16.8. The van der Waals surface area contributed by atoms with Gasteiger partial charge in [-0.2, -0.15) is 0 Å². The highest BCUT2D eigenvalue weighted by atomic mass is 32.2. The molecule has 0 aliphatic rings. The minimum Gasteiger partial charge on any atom is -0.325 e. The average Bonchev–Trinajstić information content (AvgIpc) is 3.16. The van der Waals surface area contributed by atoms with Gasteiger partial charge in [0.2, 0.25) is 5.91 Å². The number of carbonyl (C=O) groups excluding carboxylic acids is 1. The number of benzene rings is 2. The molecule has 2 heterocycles. The number of halogens is 1. The van der Waals surface area contributed by atoms with Crippen LogP contribution in [0.15, 0.2) is 59.2 Å². The zero-order valence-corrected chi connectivity index (χ0v) is 18.4. The van der Waals surface area contributed by atoms with Crippen LogP contribution in [0.25, 0.3) is 21.3 Å². The molecule has 30 heavy (non-hydrogen) atoms. The molecule has 2 aromatic heterocycles. The Balaban J connectivity index is 1.63. The second-order valence-electron chi connectivity index (χ2n) is 7.03. The van der Waals surface area contributed by atoms with E-state index in [0.717, 1.165) is 43.2 Å². The number of thioether (sulfide) groups is 1. The van der Waals surface area contributed by atoms with Crippen molar-refractivity contribution in [2.45, 2.75) is 31.0 Å². The minimum absolute atomic E-state index is 0.0808. The van der Waals surface area contributed by atoms with Gasteiger partial charge in [-0.25, -0.2) is 14.4 Å². The van der Waals surface area contributed by atoms with Crippen LogP contribution in [0, 0.1) is 19.7 Å². The number of rotatable bonds is 5. The molecule has 0 bridgehead atoms. The standard InChI is InChI=1S/C23H20FN3OS2/c1-13-5-4-6-14(2)20(13)27-21(28)15(3)30-23-19-18(11-29-22(19)25-12-26-23)16-7-9-17(24)10-8-16/h4-12,15H,1-3H3,(H,27,28). The van der Waals surface area contributed by atoms with Gasteiger partial charge in [0.15, 0.2) is 0 Å². The number of hydrogen-bond donors (Lipinski definition) is 1. The number of aromatic nitrogens is 2. The van der Waals surface area contributed by atoms with E-state index >= 15 is 0 Å². The smallest absolute Gasteiger partial charge is 0.237 e. The van der Waals surface area contributed by atoms with E-state index < -0.39 is 0 Å². The Morgan fingerprint density at radius 2 is 1.80 bits per heavy atom. The van der Waals surface area contributed by atoms with Gasteiger partial charge in [0.05, 0.1) is 10.6 Å². The molecule has 1 atom stereocenters. The number of amides is 1. The molecule has 1 N–H and O–H groups in total. The lowest BCUT2D eigenvalue weighted by atomic mass is 10.1. The summed E-state index contributed by atoms with van der Waals surface area (Å²) in [6.07, 6.45) is 1.52. The Hall–Kier alpha value is -2.77. The Morgan fingerprint density at radius 1 is 1.10 bits per heavy atom. The molecule has 4 aromatic rings. The van der Waals surface area contributed by atoms with Gasteiger partial charge < -0.3 is 5.32 Å². The molecule has 0 radical (unpaired) electrons. The second kappa shape index (κ2) is 8.53. The third-order valence-corrected chi connectivity index (χ3v) is 6.86. The summed E-state index contributed by atoms with van der Waals surface area (Å²) in [5.74, 6) is -0.358. The lowest BCUT2D eigenvalue weighted by Gasteiger charge is -2.15. The van der Waals surface area contributed by atoms with E-state index in [0.29, 0.717) is 0 Å². The van der Waals surface area contributed by atoms with Gasteiger partial charge in [-0.1, -0.05) is 42.1 Å². The summed E-state index contributed by atoms with van der Waals surface area (Å²) in [6.45, 7) is 5.83. The Labute approximate surface area is 182 Å². The van der Waals surface area contributed by atoms with Gasteiger partial charge in [0.1, 0.15) is 22.0 Å². The van der Waals surface area contributed by atoms with Crippen molar-refractivity contribution in [2.24, 2.45) is 0 Å². The van der Waals surface area contributed by atoms with Crippen molar-refractivity contribution in [1.29, 1.82) is 0 Å². The molecule has 0 aliphatic carbocycles. The van der Waals surface area contributed by atoms with Crippen LogP contribution in [0.5, 0.6) is 0 Å². The van der Waals surface area contributed by atoms with Crippen molar-refractivity contribution in [3.05, 3.63) is 71.1 Å². The fourth-order valence-electron chi connectivity index (χ4n) is 3.24. The topological polar surface area (TPSA) is 54.9 Å². The van der Waals surface area contributed by atoms with E-state index in [-0.39, 0.29) is 17.0 Å². The third-order valence-electron chi connectivity index (χ3n) is 4.88. The Kier molecular flexibility index (Phi) is 5.83. The lowest BCUT2D eigenvalue weighted by molar-refractivity contribution is -0.115. The number of anilines is 1. The second-order valence-corrected chi connectivity index (χ2v) is 9.22. The van der Waals surface area contributed by atoms with Crippen LogP contribution in [0.3, 0.4) is 0 Å². The summed E-state index contributed by atoms with van der Waals surface area (Å²) in [4.78, 5) is 22.5. The Bertz CT molecular complexity index is 1200. The molecular formula is C23H20FN3OS2. The third kappa shape index (κ3) is 4.08. The predicted octanol–water partition coefficient (Wildman–Crippen LogP) is 6.23. The summed E-state index contributed by atoms with van der Waals surface area (Å²) >= 11 is 2.91. The number of nitrogens with zero attached hydrogens (tertiary/aromatic N) is 2. The zero-order chi connectivity index (χ0) is 21.3. The first-order valence-electron chi connectivity index (χ1n) is 9.46. The highest BCUT2D eigenvalue weighted by Crippen LogP contribution is 2.39. The highest BCUT2D eigenvalue weighted by Gasteiger charge is 2.21. The van der Waals surface area contributed by atoms with Crippen LogP contribution < -0.4 is 5.32 Å². The maximum Gasteiger partial charge on any atom is 0.237 e. The minimum atomic E-state index is -0.358. The fourth-order valence-corrected chi connectivity index (χ4v) is 5.15. The van der Waals surface area contributed by atoms with Crippen LogP contribution in [-0.4, -0.2) is 21.1 Å². The number of hydrogen-bond acceptors (Lipinski definition) is 5. The number of nitrogens with one attached hydrogen (secondary N) is 1. The molecule has 4 nitrogen and oxygen atoms in total. The largest absolute Gasteiger partial charge is 0.325 e. The van der Waals surface area contributed by atoms with Gasteiger partial charge in [0, 0.05) is 16.6 Å². The fraction of sp³-hybridized carbons (Fsp3) is 0.174. The number of carbonyl (C=O) groups is 1. The summed E-state index contributed by atoms with van der Waals surface area (Å²) in [6, 6.07) is 12.3. The van der Waals surface area contributed by atoms with Gasteiger partial charge in [-0.15, -0.1) is 11.3 Å². The molecule has 7 heteroatoms. The molecule has 1 unspecified atom stereocenters. The first kappa shape index (κ1) is 20.5. The molecule has 0 aliphatic heterocycles. The van der Waals surface area contributed by atoms with Crippen molar-refractivity contribution in [3.63, 3.8) is 0 Å². The van der Waals surface area contributed by atoms with Crippen LogP contribution in [0.4, 0.5) is 10.1 Å². The Morgan fingerprint density at radius 3 is 2.50 bits per heavy atom. The summed E-state index contributed by atoms with van der Waals surface area (Å²) in [5, 5.41) is 6.33. The van der Waals surface area contributed by atoms with Crippen molar-refractivity contribution in [1.82, 2.24) is 9.97 Å². The van der Waals surface area contributed by atoms with Crippen molar-refractivity contribution in [3.8, 4) is 11.1 Å². The van der Waals surface area contributed by atoms with Crippen LogP contribution in [0.1, 0.15) is 18.1 Å². The molecule has 0 fully saturated rings. The van der Waals surface area contributed by atoms with Crippen LogP contribution >= 0.6 is 23.1 Å². The van der Waals surface area contributed by atoms with Gasteiger partial charge >= 0.3 is 0 Å². The van der Waals surface area contributed by atoms with Crippen molar-refractivity contribution in [2.75, 3.05) is 5.32 Å². The summed E-state index contributed by atoms with van der Waals surface area (Å²) in [5.41, 5.74) is 4.75. The average molecular weight is 438 g/mol. The molecule has 4 rings (SSSR count). The molecule has 0 saturated carbocycles. The first-order chi connectivity index (χ1) is 14.4. The molecule has 0 saturated heterocycles. The number of aryl methyl sites for hydroxylation is 2. The van der Waals surface area contributed by atoms with E-state index in [4.69, 9.17) is 0 Å².